The molecule has 1 heterocycles. The molecule has 0 aliphatic heterocycles. The molecule has 0 saturated heterocycles. The lowest BCUT2D eigenvalue weighted by atomic mass is 10.2. The number of carbonyl (C=O) groups excluding carboxylic acids is 1. The molecule has 3 aromatic rings. The molecule has 0 spiro atoms. The fraction of sp³-hybridized carbons (Fsp3) is 0.125. The summed E-state index contributed by atoms with van der Waals surface area (Å²) in [5, 5.41) is 10.6. The van der Waals surface area contributed by atoms with Gasteiger partial charge in [-0.2, -0.15) is 5.10 Å². The summed E-state index contributed by atoms with van der Waals surface area (Å²) in [6.07, 6.45) is 2.02. The van der Waals surface area contributed by atoms with Crippen molar-refractivity contribution < 1.29 is 9.18 Å². The van der Waals surface area contributed by atoms with Crippen molar-refractivity contribution in [3.8, 4) is 0 Å². The summed E-state index contributed by atoms with van der Waals surface area (Å²) in [6, 6.07) is 12.2. The summed E-state index contributed by atoms with van der Waals surface area (Å²) in [5.74, 6) is 0.159. The summed E-state index contributed by atoms with van der Waals surface area (Å²) in [4.78, 5) is 12.6. The van der Waals surface area contributed by atoms with Crippen molar-refractivity contribution >= 4 is 34.3 Å². The molecule has 0 saturated carbocycles. The molecule has 0 unspecified atom stereocenters. The van der Waals surface area contributed by atoms with Crippen LogP contribution in [0.3, 0.4) is 0 Å². The third-order valence-electron chi connectivity index (χ3n) is 3.17. The molecular formula is C16H14FN3OS. The van der Waals surface area contributed by atoms with Crippen molar-refractivity contribution in [3.05, 3.63) is 54.5 Å². The van der Waals surface area contributed by atoms with E-state index in [4.69, 9.17) is 0 Å². The van der Waals surface area contributed by atoms with Gasteiger partial charge < -0.3 is 5.32 Å². The van der Waals surface area contributed by atoms with Crippen LogP contribution in [0.5, 0.6) is 0 Å². The molecule has 2 aromatic carbocycles. The monoisotopic (exact) mass is 315 g/mol. The van der Waals surface area contributed by atoms with Gasteiger partial charge in [0.1, 0.15) is 5.82 Å². The number of aromatic nitrogens is 2. The van der Waals surface area contributed by atoms with E-state index in [2.05, 4.69) is 15.5 Å². The van der Waals surface area contributed by atoms with Crippen LogP contribution >= 0.6 is 11.8 Å². The summed E-state index contributed by atoms with van der Waals surface area (Å²) in [6.45, 7) is 0. The highest BCUT2D eigenvalue weighted by molar-refractivity contribution is 7.99. The highest BCUT2D eigenvalue weighted by atomic mass is 32.2. The number of hydrogen-bond donors (Lipinski definition) is 2. The van der Waals surface area contributed by atoms with Gasteiger partial charge in [0.05, 0.1) is 17.4 Å². The standard InChI is InChI=1S/C16H14FN3OS/c17-12-5-1-2-7-14(12)22-9-8-15(21)19-13-6-3-4-11-10-18-20-16(11)13/h1-7,10H,8-9H2,(H,18,20)(H,19,21). The normalized spacial score (nSPS) is 10.8. The van der Waals surface area contributed by atoms with Crippen LogP contribution in [0.2, 0.25) is 0 Å². The maximum absolute atomic E-state index is 13.5. The number of aromatic amines is 1. The predicted molar refractivity (Wildman–Crippen MR) is 86.5 cm³/mol. The smallest absolute Gasteiger partial charge is 0.225 e. The van der Waals surface area contributed by atoms with Crippen LogP contribution < -0.4 is 5.32 Å². The molecule has 0 atom stereocenters. The highest BCUT2D eigenvalue weighted by Crippen LogP contribution is 2.23. The van der Waals surface area contributed by atoms with Crippen molar-refractivity contribution in [2.45, 2.75) is 11.3 Å². The van der Waals surface area contributed by atoms with Gasteiger partial charge in [-0.05, 0) is 18.2 Å². The number of para-hydroxylation sites is 1. The fourth-order valence-electron chi connectivity index (χ4n) is 2.10. The van der Waals surface area contributed by atoms with Crippen molar-refractivity contribution in [2.75, 3.05) is 11.1 Å². The number of halogens is 1. The van der Waals surface area contributed by atoms with E-state index < -0.39 is 0 Å². The van der Waals surface area contributed by atoms with Crippen LogP contribution in [0.15, 0.2) is 53.6 Å². The molecule has 0 radical (unpaired) electrons. The van der Waals surface area contributed by atoms with Gasteiger partial charge in [-0.1, -0.05) is 24.3 Å². The lowest BCUT2D eigenvalue weighted by Crippen LogP contribution is -2.12. The topological polar surface area (TPSA) is 57.8 Å². The molecule has 4 nitrogen and oxygen atoms in total. The van der Waals surface area contributed by atoms with Crippen LogP contribution in [-0.4, -0.2) is 21.9 Å². The maximum Gasteiger partial charge on any atom is 0.225 e. The minimum absolute atomic E-state index is 0.106. The number of rotatable bonds is 5. The van der Waals surface area contributed by atoms with Crippen molar-refractivity contribution in [3.63, 3.8) is 0 Å². The number of anilines is 1. The Morgan fingerprint density at radius 3 is 2.95 bits per heavy atom. The van der Waals surface area contributed by atoms with E-state index in [0.717, 1.165) is 10.9 Å². The molecule has 1 aromatic heterocycles. The second-order valence-corrected chi connectivity index (χ2v) is 5.85. The van der Waals surface area contributed by atoms with Crippen LogP contribution in [0, 0.1) is 5.82 Å². The number of fused-ring (bicyclic) bond motifs is 1. The quantitative estimate of drug-likeness (QED) is 0.704. The van der Waals surface area contributed by atoms with Gasteiger partial charge in [0.15, 0.2) is 0 Å². The zero-order chi connectivity index (χ0) is 15.4. The van der Waals surface area contributed by atoms with E-state index in [1.165, 1.54) is 17.8 Å². The van der Waals surface area contributed by atoms with Gasteiger partial charge in [-0.25, -0.2) is 4.39 Å². The average Bonchev–Trinajstić information content (AvgIpc) is 2.99. The minimum Gasteiger partial charge on any atom is -0.324 e. The molecular weight excluding hydrogens is 301 g/mol. The van der Waals surface area contributed by atoms with Crippen LogP contribution in [0.25, 0.3) is 10.9 Å². The van der Waals surface area contributed by atoms with E-state index in [1.54, 1.807) is 24.4 Å². The van der Waals surface area contributed by atoms with Gasteiger partial charge in [-0.3, -0.25) is 9.89 Å². The van der Waals surface area contributed by atoms with Gasteiger partial charge >= 0.3 is 0 Å². The molecule has 6 heteroatoms. The number of carbonyl (C=O) groups is 1. The number of nitrogens with one attached hydrogen (secondary N) is 2. The van der Waals surface area contributed by atoms with Gasteiger partial charge in [0.25, 0.3) is 0 Å². The first-order valence-corrected chi connectivity index (χ1v) is 7.82. The molecule has 112 valence electrons. The highest BCUT2D eigenvalue weighted by Gasteiger charge is 2.08. The van der Waals surface area contributed by atoms with E-state index in [1.807, 2.05) is 18.2 Å². The summed E-state index contributed by atoms with van der Waals surface area (Å²) in [7, 11) is 0. The number of H-pyrrole nitrogens is 1. The fourth-order valence-corrected chi connectivity index (χ4v) is 2.99. The van der Waals surface area contributed by atoms with Gasteiger partial charge in [0.2, 0.25) is 5.91 Å². The zero-order valence-corrected chi connectivity index (χ0v) is 12.5. The summed E-state index contributed by atoms with van der Waals surface area (Å²) in [5.41, 5.74) is 1.51. The maximum atomic E-state index is 13.5. The predicted octanol–water partition coefficient (Wildman–Crippen LogP) is 3.82. The Balaban J connectivity index is 1.57. The van der Waals surface area contributed by atoms with Gasteiger partial charge in [-0.15, -0.1) is 11.8 Å². The van der Waals surface area contributed by atoms with Crippen molar-refractivity contribution in [1.29, 1.82) is 0 Å². The molecule has 3 rings (SSSR count). The Labute approximate surface area is 131 Å². The first kappa shape index (κ1) is 14.6. The lowest BCUT2D eigenvalue weighted by Gasteiger charge is -2.06. The van der Waals surface area contributed by atoms with Crippen LogP contribution in [0.4, 0.5) is 10.1 Å². The molecule has 1 amide bonds. The molecule has 0 aliphatic carbocycles. The third kappa shape index (κ3) is 3.28. The number of nitrogens with zero attached hydrogens (tertiary/aromatic N) is 1. The molecule has 0 aliphatic rings. The van der Waals surface area contributed by atoms with E-state index in [0.29, 0.717) is 22.8 Å². The zero-order valence-electron chi connectivity index (χ0n) is 11.7. The number of amides is 1. The molecule has 2 N–H and O–H groups in total. The van der Waals surface area contributed by atoms with E-state index in [9.17, 15) is 9.18 Å². The first-order valence-electron chi connectivity index (χ1n) is 6.83. The Kier molecular flexibility index (Phi) is 4.39. The largest absolute Gasteiger partial charge is 0.324 e. The Bertz CT molecular complexity index is 803. The van der Waals surface area contributed by atoms with Crippen LogP contribution in [0.1, 0.15) is 6.42 Å². The van der Waals surface area contributed by atoms with E-state index in [-0.39, 0.29) is 11.7 Å². The Hall–Kier alpha value is -2.34. The second-order valence-electron chi connectivity index (χ2n) is 4.72. The second kappa shape index (κ2) is 6.62. The third-order valence-corrected chi connectivity index (χ3v) is 4.22. The minimum atomic E-state index is -0.255. The Morgan fingerprint density at radius 1 is 1.23 bits per heavy atom. The van der Waals surface area contributed by atoms with Crippen molar-refractivity contribution in [1.82, 2.24) is 10.2 Å². The molecule has 22 heavy (non-hydrogen) atoms. The average molecular weight is 315 g/mol. The summed E-state index contributed by atoms with van der Waals surface area (Å²) < 4.78 is 13.5. The molecule has 0 bridgehead atoms. The summed E-state index contributed by atoms with van der Waals surface area (Å²) >= 11 is 1.34. The molecule has 0 fully saturated rings. The first-order chi connectivity index (χ1) is 10.7. The van der Waals surface area contributed by atoms with Gasteiger partial charge in [0, 0.05) is 22.5 Å². The Morgan fingerprint density at radius 2 is 2.09 bits per heavy atom. The SMILES string of the molecule is O=C(CCSc1ccccc1F)Nc1cccc2cn[nH]c12. The van der Waals surface area contributed by atoms with Crippen molar-refractivity contribution in [2.24, 2.45) is 0 Å². The van der Waals surface area contributed by atoms with Crippen LogP contribution in [-0.2, 0) is 4.79 Å². The number of benzene rings is 2. The number of hydrogen-bond acceptors (Lipinski definition) is 3. The van der Waals surface area contributed by atoms with E-state index >= 15 is 0 Å². The number of thioether (sulfide) groups is 1. The lowest BCUT2D eigenvalue weighted by molar-refractivity contribution is -0.115.